The number of nitrogens with zero attached hydrogens (tertiary/aromatic N) is 4. The van der Waals surface area contributed by atoms with Gasteiger partial charge in [-0.1, -0.05) is 6.42 Å². The summed E-state index contributed by atoms with van der Waals surface area (Å²) in [5.74, 6) is 0.859. The molecule has 3 aliphatic rings. The summed E-state index contributed by atoms with van der Waals surface area (Å²) >= 11 is 0. The van der Waals surface area contributed by atoms with Crippen LogP contribution in [0.25, 0.3) is 0 Å². The molecule has 6 nitrogen and oxygen atoms in total. The van der Waals surface area contributed by atoms with E-state index in [1.54, 1.807) is 0 Å². The molecule has 1 aromatic heterocycles. The van der Waals surface area contributed by atoms with Gasteiger partial charge >= 0.3 is 6.03 Å². The Morgan fingerprint density at radius 3 is 2.38 bits per heavy atom. The maximum Gasteiger partial charge on any atom is 0.320 e. The molecule has 0 N–H and O–H groups in total. The number of ether oxygens (including phenoxy) is 1. The summed E-state index contributed by atoms with van der Waals surface area (Å²) in [6.07, 6.45) is 5.24. The number of aromatic nitrogens is 1. The molecule has 3 heterocycles. The number of aryl methyl sites for hydroxylation is 2. The van der Waals surface area contributed by atoms with Crippen LogP contribution in [0, 0.1) is 13.8 Å². The van der Waals surface area contributed by atoms with E-state index in [4.69, 9.17) is 4.74 Å². The fraction of sp³-hybridized carbons (Fsp3) is 0.700. The molecule has 26 heavy (non-hydrogen) atoms. The molecule has 0 spiro atoms. The number of pyridine rings is 1. The minimum atomic E-state index is 0.0959. The average molecular weight is 358 g/mol. The first-order valence-electron chi connectivity index (χ1n) is 9.98. The van der Waals surface area contributed by atoms with Gasteiger partial charge in [0.15, 0.2) is 0 Å². The van der Waals surface area contributed by atoms with E-state index in [0.29, 0.717) is 13.1 Å². The number of urea groups is 1. The quantitative estimate of drug-likeness (QED) is 0.833. The number of amides is 2. The van der Waals surface area contributed by atoms with E-state index in [0.717, 1.165) is 55.8 Å². The third kappa shape index (κ3) is 3.80. The fourth-order valence-electron chi connectivity index (χ4n) is 4.17. The molecule has 0 bridgehead atoms. The molecule has 0 radical (unpaired) electrons. The van der Waals surface area contributed by atoms with E-state index in [1.807, 2.05) is 35.8 Å². The van der Waals surface area contributed by atoms with Crippen LogP contribution in [0.3, 0.4) is 0 Å². The first kappa shape index (κ1) is 17.6. The first-order chi connectivity index (χ1) is 12.6. The molecule has 1 saturated carbocycles. The Bertz CT molecular complexity index is 635. The van der Waals surface area contributed by atoms with E-state index < -0.39 is 0 Å². The summed E-state index contributed by atoms with van der Waals surface area (Å²) in [6.45, 7) is 9.23. The van der Waals surface area contributed by atoms with Gasteiger partial charge in [-0.3, -0.25) is 9.88 Å². The van der Waals surface area contributed by atoms with Gasteiger partial charge in [-0.25, -0.2) is 4.79 Å². The summed E-state index contributed by atoms with van der Waals surface area (Å²) in [5.41, 5.74) is 1.93. The van der Waals surface area contributed by atoms with Crippen molar-refractivity contribution in [3.05, 3.63) is 23.5 Å². The molecule has 2 saturated heterocycles. The molecule has 6 heteroatoms. The van der Waals surface area contributed by atoms with Crippen LogP contribution >= 0.6 is 0 Å². The van der Waals surface area contributed by atoms with Gasteiger partial charge in [0, 0.05) is 55.7 Å². The highest BCUT2D eigenvalue weighted by atomic mass is 16.5. The third-order valence-corrected chi connectivity index (χ3v) is 5.87. The molecule has 3 fully saturated rings. The second-order valence-electron chi connectivity index (χ2n) is 7.97. The van der Waals surface area contributed by atoms with Crippen molar-refractivity contribution in [2.24, 2.45) is 0 Å². The zero-order valence-electron chi connectivity index (χ0n) is 16.0. The van der Waals surface area contributed by atoms with E-state index in [9.17, 15) is 4.79 Å². The van der Waals surface area contributed by atoms with Crippen molar-refractivity contribution < 1.29 is 9.53 Å². The minimum Gasteiger partial charge on any atom is -0.487 e. The zero-order chi connectivity index (χ0) is 18.1. The first-order valence-corrected chi connectivity index (χ1v) is 9.98. The number of likely N-dealkylation sites (tertiary alicyclic amines) is 1. The van der Waals surface area contributed by atoms with Gasteiger partial charge in [0.1, 0.15) is 11.9 Å². The summed E-state index contributed by atoms with van der Waals surface area (Å²) in [7, 11) is 0. The van der Waals surface area contributed by atoms with Crippen molar-refractivity contribution >= 4 is 6.03 Å². The molecular formula is C20H30N4O2. The topological polar surface area (TPSA) is 48.9 Å². The van der Waals surface area contributed by atoms with Crippen molar-refractivity contribution in [2.75, 3.05) is 39.3 Å². The largest absolute Gasteiger partial charge is 0.487 e. The van der Waals surface area contributed by atoms with Gasteiger partial charge < -0.3 is 14.5 Å². The van der Waals surface area contributed by atoms with Crippen molar-refractivity contribution in [3.8, 4) is 5.75 Å². The number of hydrogen-bond donors (Lipinski definition) is 0. The molecular weight excluding hydrogens is 328 g/mol. The molecule has 4 rings (SSSR count). The predicted molar refractivity (Wildman–Crippen MR) is 100 cm³/mol. The zero-order valence-corrected chi connectivity index (χ0v) is 16.0. The molecule has 0 aromatic carbocycles. The summed E-state index contributed by atoms with van der Waals surface area (Å²) in [6, 6.07) is 4.88. The summed E-state index contributed by atoms with van der Waals surface area (Å²) < 4.78 is 6.01. The maximum absolute atomic E-state index is 12.8. The highest BCUT2D eigenvalue weighted by Gasteiger charge is 2.36. The van der Waals surface area contributed by atoms with Crippen LogP contribution in [0.1, 0.15) is 37.1 Å². The highest BCUT2D eigenvalue weighted by Crippen LogP contribution is 2.26. The number of carbonyl (C=O) groups is 1. The Kier molecular flexibility index (Phi) is 5.02. The van der Waals surface area contributed by atoms with Crippen LogP contribution in [-0.2, 0) is 0 Å². The van der Waals surface area contributed by atoms with Gasteiger partial charge in [0.25, 0.3) is 0 Å². The van der Waals surface area contributed by atoms with E-state index in [1.165, 1.54) is 19.3 Å². The maximum atomic E-state index is 12.8. The number of hydrogen-bond acceptors (Lipinski definition) is 4. The Labute approximate surface area is 156 Å². The van der Waals surface area contributed by atoms with Gasteiger partial charge in [-0.05, 0) is 33.1 Å². The van der Waals surface area contributed by atoms with Crippen molar-refractivity contribution in [2.45, 2.75) is 51.7 Å². The van der Waals surface area contributed by atoms with Crippen molar-refractivity contribution in [1.29, 1.82) is 0 Å². The van der Waals surface area contributed by atoms with Crippen molar-refractivity contribution in [3.63, 3.8) is 0 Å². The van der Waals surface area contributed by atoms with Crippen LogP contribution in [0.15, 0.2) is 12.1 Å². The molecule has 142 valence electrons. The van der Waals surface area contributed by atoms with Crippen LogP contribution < -0.4 is 4.74 Å². The molecule has 0 unspecified atom stereocenters. The van der Waals surface area contributed by atoms with Crippen LogP contribution in [0.4, 0.5) is 4.79 Å². The normalized spacial score (nSPS) is 22.5. The summed E-state index contributed by atoms with van der Waals surface area (Å²) in [5, 5.41) is 0. The Balaban J connectivity index is 1.25. The smallest absolute Gasteiger partial charge is 0.320 e. The molecule has 2 amide bonds. The molecule has 1 aromatic rings. The molecule has 1 aliphatic carbocycles. The van der Waals surface area contributed by atoms with Gasteiger partial charge in [0.05, 0.1) is 13.1 Å². The molecule has 0 atom stereocenters. The lowest BCUT2D eigenvalue weighted by molar-refractivity contribution is 0.0307. The highest BCUT2D eigenvalue weighted by molar-refractivity contribution is 5.75. The SMILES string of the molecule is Cc1cc(OC2CN(C(=O)N3CCCN(C4CCC4)CC3)C2)cc(C)n1. The van der Waals surface area contributed by atoms with Gasteiger partial charge in [0.2, 0.25) is 0 Å². The van der Waals surface area contributed by atoms with Crippen LogP contribution in [-0.4, -0.2) is 77.1 Å². The third-order valence-electron chi connectivity index (χ3n) is 5.87. The van der Waals surface area contributed by atoms with E-state index in [-0.39, 0.29) is 12.1 Å². The molecule has 2 aliphatic heterocycles. The second-order valence-corrected chi connectivity index (χ2v) is 7.97. The fourth-order valence-corrected chi connectivity index (χ4v) is 4.17. The lowest BCUT2D eigenvalue weighted by atomic mass is 9.91. The average Bonchev–Trinajstić information content (AvgIpc) is 2.73. The minimum absolute atomic E-state index is 0.0959. The van der Waals surface area contributed by atoms with Gasteiger partial charge in [-0.2, -0.15) is 0 Å². The Morgan fingerprint density at radius 2 is 1.73 bits per heavy atom. The number of rotatable bonds is 3. The number of carbonyl (C=O) groups excluding carboxylic acids is 1. The Hall–Kier alpha value is -1.82. The van der Waals surface area contributed by atoms with E-state index >= 15 is 0 Å². The predicted octanol–water partition coefficient (Wildman–Crippen LogP) is 2.44. The van der Waals surface area contributed by atoms with Gasteiger partial charge in [-0.15, -0.1) is 0 Å². The lowest BCUT2D eigenvalue weighted by Crippen LogP contribution is -2.60. The summed E-state index contributed by atoms with van der Waals surface area (Å²) in [4.78, 5) is 23.7. The Morgan fingerprint density at radius 1 is 1.00 bits per heavy atom. The monoisotopic (exact) mass is 358 g/mol. The second kappa shape index (κ2) is 7.43. The van der Waals surface area contributed by atoms with Crippen LogP contribution in [0.5, 0.6) is 5.75 Å². The standard InChI is InChI=1S/C20H30N4O2/c1-15-11-18(12-16(2)21-15)26-19-13-24(14-19)20(25)23-8-4-7-22(9-10-23)17-5-3-6-17/h11-12,17,19H,3-10,13-14H2,1-2H3. The van der Waals surface area contributed by atoms with E-state index in [2.05, 4.69) is 9.88 Å². The van der Waals surface area contributed by atoms with Crippen molar-refractivity contribution in [1.82, 2.24) is 19.7 Å². The lowest BCUT2D eigenvalue weighted by Gasteiger charge is -2.41. The van der Waals surface area contributed by atoms with Crippen LogP contribution in [0.2, 0.25) is 0 Å².